The smallest absolute Gasteiger partial charge is 0.287 e. The van der Waals surface area contributed by atoms with Crippen LogP contribution in [0.3, 0.4) is 0 Å². The molecule has 0 saturated heterocycles. The monoisotopic (exact) mass is 376 g/mol. The Labute approximate surface area is 162 Å². The van der Waals surface area contributed by atoms with Crippen LogP contribution in [-0.2, 0) is 0 Å². The third kappa shape index (κ3) is 4.16. The van der Waals surface area contributed by atoms with Crippen molar-refractivity contribution in [1.29, 1.82) is 5.26 Å². The highest BCUT2D eigenvalue weighted by atomic mass is 16.2. The molecule has 0 aliphatic carbocycles. The van der Waals surface area contributed by atoms with Crippen LogP contribution in [-0.4, -0.2) is 53.3 Å². The quantitative estimate of drug-likeness (QED) is 0.682. The second kappa shape index (κ2) is 8.33. The molecule has 8 nitrogen and oxygen atoms in total. The summed E-state index contributed by atoms with van der Waals surface area (Å²) in [6.45, 7) is 1.17. The molecule has 0 unspecified atom stereocenters. The number of nitrogens with zero attached hydrogens (tertiary/aromatic N) is 4. The van der Waals surface area contributed by atoms with Gasteiger partial charge in [-0.15, -0.1) is 0 Å². The van der Waals surface area contributed by atoms with Crippen LogP contribution in [0.15, 0.2) is 48.7 Å². The SMILES string of the molecule is CN(C)CCNC(=O)c1nc(C(=O)Nc2ccc(C#N)cc2)c2ccccn12. The Hall–Kier alpha value is -3.70. The van der Waals surface area contributed by atoms with Gasteiger partial charge in [-0.1, -0.05) is 6.07 Å². The van der Waals surface area contributed by atoms with Gasteiger partial charge in [0.15, 0.2) is 5.69 Å². The number of hydrogen-bond donors (Lipinski definition) is 2. The highest BCUT2D eigenvalue weighted by molar-refractivity contribution is 6.08. The van der Waals surface area contributed by atoms with Crippen LogP contribution in [0.5, 0.6) is 0 Å². The lowest BCUT2D eigenvalue weighted by atomic mass is 10.2. The van der Waals surface area contributed by atoms with Crippen LogP contribution in [0.1, 0.15) is 26.7 Å². The van der Waals surface area contributed by atoms with E-state index in [2.05, 4.69) is 15.6 Å². The number of rotatable bonds is 6. The zero-order valence-corrected chi connectivity index (χ0v) is 15.6. The van der Waals surface area contributed by atoms with Gasteiger partial charge >= 0.3 is 0 Å². The van der Waals surface area contributed by atoms with Gasteiger partial charge in [0.25, 0.3) is 11.8 Å². The summed E-state index contributed by atoms with van der Waals surface area (Å²) in [6.07, 6.45) is 1.70. The number of nitrogens with one attached hydrogen (secondary N) is 2. The zero-order valence-electron chi connectivity index (χ0n) is 15.6. The van der Waals surface area contributed by atoms with E-state index in [-0.39, 0.29) is 17.4 Å². The molecule has 2 N–H and O–H groups in total. The van der Waals surface area contributed by atoms with E-state index in [4.69, 9.17) is 5.26 Å². The Morgan fingerprint density at radius 2 is 1.89 bits per heavy atom. The lowest BCUT2D eigenvalue weighted by Gasteiger charge is -2.09. The third-order valence-electron chi connectivity index (χ3n) is 4.08. The summed E-state index contributed by atoms with van der Waals surface area (Å²) in [5, 5.41) is 14.4. The highest BCUT2D eigenvalue weighted by Gasteiger charge is 2.21. The summed E-state index contributed by atoms with van der Waals surface area (Å²) in [5.41, 5.74) is 1.73. The molecule has 2 aromatic heterocycles. The van der Waals surface area contributed by atoms with E-state index in [1.54, 1.807) is 53.1 Å². The van der Waals surface area contributed by atoms with E-state index in [1.807, 2.05) is 25.1 Å². The molecule has 2 amide bonds. The number of anilines is 1. The molecule has 3 rings (SSSR count). The summed E-state index contributed by atoms with van der Waals surface area (Å²) >= 11 is 0. The van der Waals surface area contributed by atoms with E-state index < -0.39 is 5.91 Å². The first kappa shape index (κ1) is 19.1. The number of pyridine rings is 1. The van der Waals surface area contributed by atoms with E-state index in [0.29, 0.717) is 29.9 Å². The minimum atomic E-state index is -0.430. The Kier molecular flexibility index (Phi) is 5.67. The van der Waals surface area contributed by atoms with Crippen molar-refractivity contribution in [3.05, 3.63) is 65.7 Å². The molecule has 0 aliphatic heterocycles. The molecule has 0 fully saturated rings. The minimum absolute atomic E-state index is 0.152. The Morgan fingerprint density at radius 3 is 2.57 bits per heavy atom. The van der Waals surface area contributed by atoms with Crippen LogP contribution in [0.4, 0.5) is 5.69 Å². The predicted molar refractivity (Wildman–Crippen MR) is 105 cm³/mol. The second-order valence-corrected chi connectivity index (χ2v) is 6.44. The summed E-state index contributed by atoms with van der Waals surface area (Å²) < 4.78 is 1.60. The number of imidazole rings is 1. The molecule has 0 radical (unpaired) electrons. The first-order chi connectivity index (χ1) is 13.5. The minimum Gasteiger partial charge on any atom is -0.348 e. The van der Waals surface area contributed by atoms with Gasteiger partial charge in [-0.2, -0.15) is 5.26 Å². The van der Waals surface area contributed by atoms with Crippen molar-refractivity contribution in [1.82, 2.24) is 19.6 Å². The summed E-state index contributed by atoms with van der Waals surface area (Å²) in [7, 11) is 3.84. The fourth-order valence-corrected chi connectivity index (χ4v) is 2.66. The Balaban J connectivity index is 1.85. The first-order valence-corrected chi connectivity index (χ1v) is 8.71. The lowest BCUT2D eigenvalue weighted by Crippen LogP contribution is -2.32. The molecule has 2 heterocycles. The summed E-state index contributed by atoms with van der Waals surface area (Å²) in [6, 6.07) is 13.8. The maximum Gasteiger partial charge on any atom is 0.287 e. The van der Waals surface area contributed by atoms with E-state index in [0.717, 1.165) is 0 Å². The molecule has 142 valence electrons. The van der Waals surface area contributed by atoms with Crippen LogP contribution in [0.2, 0.25) is 0 Å². The molecule has 0 saturated carbocycles. The van der Waals surface area contributed by atoms with Gasteiger partial charge in [0, 0.05) is 25.0 Å². The third-order valence-corrected chi connectivity index (χ3v) is 4.08. The molecule has 8 heteroatoms. The van der Waals surface area contributed by atoms with Crippen molar-refractivity contribution in [2.75, 3.05) is 32.5 Å². The molecular weight excluding hydrogens is 356 g/mol. The van der Waals surface area contributed by atoms with Crippen LogP contribution in [0, 0.1) is 11.3 Å². The van der Waals surface area contributed by atoms with E-state index >= 15 is 0 Å². The van der Waals surface area contributed by atoms with Crippen molar-refractivity contribution in [2.45, 2.75) is 0 Å². The molecule has 0 aliphatic rings. The van der Waals surface area contributed by atoms with Crippen LogP contribution >= 0.6 is 0 Å². The molecule has 3 aromatic rings. The largest absolute Gasteiger partial charge is 0.348 e. The predicted octanol–water partition coefficient (Wildman–Crippen LogP) is 1.75. The van der Waals surface area contributed by atoms with Gasteiger partial charge in [-0.3, -0.25) is 14.0 Å². The average Bonchev–Trinajstić information content (AvgIpc) is 3.08. The van der Waals surface area contributed by atoms with Gasteiger partial charge < -0.3 is 15.5 Å². The number of carbonyl (C=O) groups is 2. The van der Waals surface area contributed by atoms with Gasteiger partial charge in [-0.05, 0) is 50.5 Å². The number of carbonyl (C=O) groups excluding carboxylic acids is 2. The Morgan fingerprint density at radius 1 is 1.14 bits per heavy atom. The molecule has 28 heavy (non-hydrogen) atoms. The fraction of sp³-hybridized carbons (Fsp3) is 0.200. The molecule has 1 aromatic carbocycles. The van der Waals surface area contributed by atoms with E-state index in [1.165, 1.54) is 0 Å². The average molecular weight is 376 g/mol. The number of hydrogen-bond acceptors (Lipinski definition) is 5. The maximum absolute atomic E-state index is 12.7. The zero-order chi connectivity index (χ0) is 20.1. The molecule has 0 atom stereocenters. The topological polar surface area (TPSA) is 103 Å². The van der Waals surface area contributed by atoms with Crippen molar-refractivity contribution >= 4 is 23.0 Å². The number of benzene rings is 1. The van der Waals surface area contributed by atoms with Gasteiger partial charge in [0.05, 0.1) is 17.1 Å². The molecular formula is C20H20N6O2. The highest BCUT2D eigenvalue weighted by Crippen LogP contribution is 2.16. The number of aromatic nitrogens is 2. The van der Waals surface area contributed by atoms with Gasteiger partial charge in [0.1, 0.15) is 0 Å². The van der Waals surface area contributed by atoms with Crippen molar-refractivity contribution in [3.8, 4) is 6.07 Å². The first-order valence-electron chi connectivity index (χ1n) is 8.71. The van der Waals surface area contributed by atoms with Crippen molar-refractivity contribution in [2.24, 2.45) is 0 Å². The van der Waals surface area contributed by atoms with Crippen molar-refractivity contribution in [3.63, 3.8) is 0 Å². The van der Waals surface area contributed by atoms with Crippen molar-refractivity contribution < 1.29 is 9.59 Å². The maximum atomic E-state index is 12.7. The summed E-state index contributed by atoms with van der Waals surface area (Å²) in [5.74, 6) is -0.624. The fourth-order valence-electron chi connectivity index (χ4n) is 2.66. The molecule has 0 bridgehead atoms. The Bertz CT molecular complexity index is 1050. The second-order valence-electron chi connectivity index (χ2n) is 6.44. The number of nitriles is 1. The number of fused-ring (bicyclic) bond motifs is 1. The van der Waals surface area contributed by atoms with E-state index in [9.17, 15) is 9.59 Å². The van der Waals surface area contributed by atoms with Gasteiger partial charge in [-0.25, -0.2) is 4.98 Å². The standard InChI is InChI=1S/C20H20N6O2/c1-25(2)12-10-22-20(28)18-24-17(16-5-3-4-11-26(16)18)19(27)23-15-8-6-14(13-21)7-9-15/h3-9,11H,10,12H2,1-2H3,(H,22,28)(H,23,27). The number of amides is 2. The normalized spacial score (nSPS) is 10.6. The van der Waals surface area contributed by atoms with Crippen LogP contribution in [0.25, 0.3) is 5.52 Å². The lowest BCUT2D eigenvalue weighted by molar-refractivity contribution is 0.0940. The molecule has 0 spiro atoms. The summed E-state index contributed by atoms with van der Waals surface area (Å²) in [4.78, 5) is 31.5. The number of likely N-dealkylation sites (N-methyl/N-ethyl adjacent to an activating group) is 1. The van der Waals surface area contributed by atoms with Crippen LogP contribution < -0.4 is 10.6 Å². The van der Waals surface area contributed by atoms with Gasteiger partial charge in [0.2, 0.25) is 5.82 Å².